The first-order chi connectivity index (χ1) is 12.1. The average molecular weight is 357 g/mol. The Bertz CT molecular complexity index is 867. The van der Waals surface area contributed by atoms with Gasteiger partial charge >= 0.3 is 5.97 Å². The number of nitrogens with zero attached hydrogens (tertiary/aromatic N) is 1. The Labute approximate surface area is 151 Å². The average Bonchev–Trinajstić information content (AvgIpc) is 2.54. The third-order valence-electron chi connectivity index (χ3n) is 4.00. The molecule has 1 aromatic carbocycles. The molecule has 2 rings (SSSR count). The van der Waals surface area contributed by atoms with Gasteiger partial charge in [-0.25, -0.2) is 4.98 Å². The summed E-state index contributed by atoms with van der Waals surface area (Å²) < 4.78 is 0. The van der Waals surface area contributed by atoms with Crippen LogP contribution in [0.3, 0.4) is 0 Å². The lowest BCUT2D eigenvalue weighted by Crippen LogP contribution is -2.37. The SMILES string of the molecule is Cc1nc(C(C)(C)C)[nH]c(=O)c1C(=O)NCC(C(=O)O)c1ccccc1. The molecule has 1 aromatic heterocycles. The van der Waals surface area contributed by atoms with E-state index in [-0.39, 0.29) is 17.5 Å². The number of carboxylic acid groups (broad SMARTS) is 1. The Morgan fingerprint density at radius 3 is 2.35 bits per heavy atom. The van der Waals surface area contributed by atoms with Crippen LogP contribution in [0, 0.1) is 6.92 Å². The van der Waals surface area contributed by atoms with E-state index in [1.54, 1.807) is 37.3 Å². The lowest BCUT2D eigenvalue weighted by atomic mass is 9.95. The Morgan fingerprint density at radius 1 is 1.23 bits per heavy atom. The van der Waals surface area contributed by atoms with Crippen molar-refractivity contribution in [2.45, 2.75) is 39.0 Å². The number of carbonyl (C=O) groups is 2. The van der Waals surface area contributed by atoms with Gasteiger partial charge in [0.1, 0.15) is 11.4 Å². The van der Waals surface area contributed by atoms with E-state index in [4.69, 9.17) is 0 Å². The molecular weight excluding hydrogens is 334 g/mol. The first-order valence-corrected chi connectivity index (χ1v) is 8.28. The van der Waals surface area contributed by atoms with Crippen molar-refractivity contribution in [1.29, 1.82) is 0 Å². The molecule has 0 fully saturated rings. The van der Waals surface area contributed by atoms with E-state index >= 15 is 0 Å². The van der Waals surface area contributed by atoms with Crippen LogP contribution >= 0.6 is 0 Å². The first kappa shape index (κ1) is 19.4. The molecule has 26 heavy (non-hydrogen) atoms. The van der Waals surface area contributed by atoms with Crippen molar-refractivity contribution in [1.82, 2.24) is 15.3 Å². The van der Waals surface area contributed by atoms with Crippen LogP contribution in [0.1, 0.15) is 54.1 Å². The topological polar surface area (TPSA) is 112 Å². The number of rotatable bonds is 5. The maximum Gasteiger partial charge on any atom is 0.312 e. The summed E-state index contributed by atoms with van der Waals surface area (Å²) in [5.74, 6) is -2.10. The highest BCUT2D eigenvalue weighted by atomic mass is 16.4. The molecule has 0 aliphatic heterocycles. The van der Waals surface area contributed by atoms with Crippen LogP contribution in [0.5, 0.6) is 0 Å². The van der Waals surface area contributed by atoms with Crippen molar-refractivity contribution >= 4 is 11.9 Å². The number of hydrogen-bond donors (Lipinski definition) is 3. The number of aliphatic carboxylic acids is 1. The van der Waals surface area contributed by atoms with Crippen molar-refractivity contribution < 1.29 is 14.7 Å². The van der Waals surface area contributed by atoms with Crippen molar-refractivity contribution in [2.24, 2.45) is 0 Å². The second-order valence-electron chi connectivity index (χ2n) is 7.14. The quantitative estimate of drug-likeness (QED) is 0.757. The summed E-state index contributed by atoms with van der Waals surface area (Å²) in [4.78, 5) is 43.2. The molecule has 7 nitrogen and oxygen atoms in total. The number of amides is 1. The highest BCUT2D eigenvalue weighted by Gasteiger charge is 2.24. The zero-order chi connectivity index (χ0) is 19.5. The fraction of sp³-hybridized carbons (Fsp3) is 0.368. The molecular formula is C19H23N3O4. The Hall–Kier alpha value is -2.96. The van der Waals surface area contributed by atoms with Crippen LogP contribution in [0.2, 0.25) is 0 Å². The van der Waals surface area contributed by atoms with Gasteiger partial charge in [-0.3, -0.25) is 14.4 Å². The van der Waals surface area contributed by atoms with Crippen LogP contribution in [0.25, 0.3) is 0 Å². The Kier molecular flexibility index (Phi) is 5.59. The molecule has 0 aliphatic carbocycles. The second-order valence-corrected chi connectivity index (χ2v) is 7.14. The summed E-state index contributed by atoms with van der Waals surface area (Å²) in [6.45, 7) is 7.18. The normalized spacial score (nSPS) is 12.5. The molecule has 138 valence electrons. The van der Waals surface area contributed by atoms with Gasteiger partial charge in [-0.05, 0) is 12.5 Å². The number of H-pyrrole nitrogens is 1. The molecule has 1 atom stereocenters. The molecule has 7 heteroatoms. The van der Waals surface area contributed by atoms with Crippen molar-refractivity contribution in [3.8, 4) is 0 Å². The van der Waals surface area contributed by atoms with E-state index in [1.165, 1.54) is 0 Å². The number of hydrogen-bond acceptors (Lipinski definition) is 4. The number of aromatic nitrogens is 2. The number of carboxylic acids is 1. The highest BCUT2D eigenvalue weighted by molar-refractivity contribution is 5.95. The van der Waals surface area contributed by atoms with Gasteiger partial charge in [0.2, 0.25) is 0 Å². The summed E-state index contributed by atoms with van der Waals surface area (Å²) >= 11 is 0. The lowest BCUT2D eigenvalue weighted by molar-refractivity contribution is -0.138. The maximum atomic E-state index is 12.4. The van der Waals surface area contributed by atoms with E-state index in [1.807, 2.05) is 20.8 Å². The zero-order valence-corrected chi connectivity index (χ0v) is 15.3. The van der Waals surface area contributed by atoms with Crippen molar-refractivity contribution in [3.63, 3.8) is 0 Å². The Morgan fingerprint density at radius 2 is 1.85 bits per heavy atom. The smallest absolute Gasteiger partial charge is 0.312 e. The number of carbonyl (C=O) groups excluding carboxylic acids is 1. The molecule has 0 aliphatic rings. The van der Waals surface area contributed by atoms with Crippen LogP contribution in [0.4, 0.5) is 0 Å². The van der Waals surface area contributed by atoms with Gasteiger partial charge in [-0.15, -0.1) is 0 Å². The molecule has 0 bridgehead atoms. The number of aryl methyl sites for hydroxylation is 1. The maximum absolute atomic E-state index is 12.4. The molecule has 3 N–H and O–H groups in total. The minimum atomic E-state index is -1.05. The van der Waals surface area contributed by atoms with Gasteiger partial charge in [0.25, 0.3) is 11.5 Å². The molecule has 0 saturated carbocycles. The van der Waals surface area contributed by atoms with Gasteiger partial charge in [0.15, 0.2) is 0 Å². The number of aromatic amines is 1. The molecule has 0 radical (unpaired) electrons. The minimum Gasteiger partial charge on any atom is -0.481 e. The molecule has 1 unspecified atom stereocenters. The Balaban J connectivity index is 2.22. The summed E-state index contributed by atoms with van der Waals surface area (Å²) in [6, 6.07) is 8.62. The van der Waals surface area contributed by atoms with Crippen molar-refractivity contribution in [3.05, 3.63) is 63.3 Å². The number of nitrogens with one attached hydrogen (secondary N) is 2. The van der Waals surface area contributed by atoms with Crippen LogP contribution in [-0.4, -0.2) is 33.5 Å². The summed E-state index contributed by atoms with van der Waals surface area (Å²) in [5.41, 5.74) is -0.114. The molecule has 0 spiro atoms. The fourth-order valence-corrected chi connectivity index (χ4v) is 2.52. The fourth-order valence-electron chi connectivity index (χ4n) is 2.52. The van der Waals surface area contributed by atoms with E-state index < -0.39 is 23.4 Å². The highest BCUT2D eigenvalue weighted by Crippen LogP contribution is 2.18. The van der Waals surface area contributed by atoms with E-state index in [0.717, 1.165) is 0 Å². The predicted molar refractivity (Wildman–Crippen MR) is 97.4 cm³/mol. The predicted octanol–water partition coefficient (Wildman–Crippen LogP) is 1.97. The van der Waals surface area contributed by atoms with Crippen LogP contribution < -0.4 is 10.9 Å². The molecule has 0 saturated heterocycles. The van der Waals surface area contributed by atoms with Gasteiger partial charge in [-0.1, -0.05) is 51.1 Å². The minimum absolute atomic E-state index is 0.102. The molecule has 2 aromatic rings. The van der Waals surface area contributed by atoms with E-state index in [0.29, 0.717) is 17.1 Å². The van der Waals surface area contributed by atoms with Crippen molar-refractivity contribution in [2.75, 3.05) is 6.54 Å². The van der Waals surface area contributed by atoms with Gasteiger partial charge in [-0.2, -0.15) is 0 Å². The second kappa shape index (κ2) is 7.51. The number of benzene rings is 1. The third-order valence-corrected chi connectivity index (χ3v) is 4.00. The largest absolute Gasteiger partial charge is 0.481 e. The van der Waals surface area contributed by atoms with Crippen LogP contribution in [0.15, 0.2) is 35.1 Å². The third kappa shape index (κ3) is 4.36. The van der Waals surface area contributed by atoms with Crippen LogP contribution in [-0.2, 0) is 10.2 Å². The summed E-state index contributed by atoms with van der Waals surface area (Å²) in [5, 5.41) is 12.0. The monoisotopic (exact) mass is 357 g/mol. The standard InChI is InChI=1S/C19H23N3O4/c1-11-14(16(24)22-18(21-11)19(2,3)4)15(23)20-10-13(17(25)26)12-8-6-5-7-9-12/h5-9,13H,10H2,1-4H3,(H,20,23)(H,25,26)(H,21,22,24). The molecule has 1 amide bonds. The molecule has 1 heterocycles. The van der Waals surface area contributed by atoms with E-state index in [2.05, 4.69) is 15.3 Å². The lowest BCUT2D eigenvalue weighted by Gasteiger charge is -2.18. The van der Waals surface area contributed by atoms with Gasteiger partial charge < -0.3 is 15.4 Å². The first-order valence-electron chi connectivity index (χ1n) is 8.28. The van der Waals surface area contributed by atoms with Gasteiger partial charge in [0.05, 0.1) is 11.6 Å². The van der Waals surface area contributed by atoms with E-state index in [9.17, 15) is 19.5 Å². The summed E-state index contributed by atoms with van der Waals surface area (Å²) in [7, 11) is 0. The van der Waals surface area contributed by atoms with Gasteiger partial charge in [0, 0.05) is 12.0 Å². The zero-order valence-electron chi connectivity index (χ0n) is 15.3. The summed E-state index contributed by atoms with van der Waals surface area (Å²) in [6.07, 6.45) is 0.